The van der Waals surface area contributed by atoms with Crippen molar-refractivity contribution in [3.05, 3.63) is 59.4 Å². The Morgan fingerprint density at radius 2 is 1.52 bits per heavy atom. The monoisotopic (exact) mass is 402 g/mol. The van der Waals surface area contributed by atoms with Gasteiger partial charge in [-0.1, -0.05) is 63.4 Å². The Labute approximate surface area is 173 Å². The van der Waals surface area contributed by atoms with Crippen molar-refractivity contribution < 1.29 is 13.2 Å². The zero-order valence-corrected chi connectivity index (χ0v) is 17.7. The first kappa shape index (κ1) is 21.9. The topological polar surface area (TPSA) is 0 Å². The summed E-state index contributed by atoms with van der Waals surface area (Å²) in [4.78, 5) is 0. The van der Waals surface area contributed by atoms with Crippen LogP contribution in [0.4, 0.5) is 13.2 Å². The minimum absolute atomic E-state index is 0.311. The maximum Gasteiger partial charge on any atom is 0.276 e. The van der Waals surface area contributed by atoms with Crippen LogP contribution < -0.4 is 0 Å². The van der Waals surface area contributed by atoms with Crippen LogP contribution in [0.3, 0.4) is 0 Å². The molecule has 1 aliphatic carbocycles. The van der Waals surface area contributed by atoms with Gasteiger partial charge in [0.05, 0.1) is 5.56 Å². The maximum atomic E-state index is 14.4. The average molecular weight is 403 g/mol. The van der Waals surface area contributed by atoms with Gasteiger partial charge in [0.15, 0.2) is 0 Å². The van der Waals surface area contributed by atoms with Crippen molar-refractivity contribution in [3.63, 3.8) is 0 Å². The van der Waals surface area contributed by atoms with E-state index in [1.807, 2.05) is 19.1 Å². The largest absolute Gasteiger partial charge is 0.276 e. The van der Waals surface area contributed by atoms with Gasteiger partial charge in [0.1, 0.15) is 5.82 Å². The molecule has 0 bridgehead atoms. The zero-order valence-electron chi connectivity index (χ0n) is 17.7. The highest BCUT2D eigenvalue weighted by molar-refractivity contribution is 5.64. The molecular formula is C26H33F3. The molecular weight excluding hydrogens is 369 g/mol. The van der Waals surface area contributed by atoms with Crippen LogP contribution in [-0.4, -0.2) is 0 Å². The van der Waals surface area contributed by atoms with E-state index in [9.17, 15) is 13.2 Å². The number of unbranched alkanes of at least 4 members (excludes halogenated alkanes) is 1. The summed E-state index contributed by atoms with van der Waals surface area (Å²) in [6, 6.07) is 12.4. The molecule has 1 aliphatic rings. The Hall–Kier alpha value is -1.77. The van der Waals surface area contributed by atoms with Crippen LogP contribution in [0.2, 0.25) is 0 Å². The summed E-state index contributed by atoms with van der Waals surface area (Å²) < 4.78 is 42.9. The molecule has 0 radical (unpaired) electrons. The molecule has 0 aromatic heterocycles. The predicted molar refractivity (Wildman–Crippen MR) is 115 cm³/mol. The molecule has 0 atom stereocenters. The van der Waals surface area contributed by atoms with Gasteiger partial charge in [-0.15, -0.1) is 0 Å². The van der Waals surface area contributed by atoms with Crippen LogP contribution in [0, 0.1) is 11.7 Å². The molecule has 0 heterocycles. The SMILES string of the molecule is CCCCC(F)(F)c1ccc(-c2ccc([C@H]3CC[C@H](CCC)CC3)cc2)cc1F. The lowest BCUT2D eigenvalue weighted by atomic mass is 9.77. The molecule has 0 spiro atoms. The first-order valence-corrected chi connectivity index (χ1v) is 11.2. The lowest BCUT2D eigenvalue weighted by Crippen LogP contribution is -2.15. The molecule has 2 aromatic carbocycles. The molecule has 0 amide bonds. The molecule has 0 unspecified atom stereocenters. The molecule has 1 saturated carbocycles. The van der Waals surface area contributed by atoms with E-state index in [0.717, 1.165) is 11.5 Å². The molecule has 3 rings (SSSR count). The second-order valence-electron chi connectivity index (χ2n) is 8.63. The molecule has 0 aliphatic heterocycles. The highest BCUT2D eigenvalue weighted by atomic mass is 19.3. The fraction of sp³-hybridized carbons (Fsp3) is 0.538. The summed E-state index contributed by atoms with van der Waals surface area (Å²) in [7, 11) is 0. The first-order valence-electron chi connectivity index (χ1n) is 11.2. The Bertz CT molecular complexity index is 771. The number of hydrogen-bond donors (Lipinski definition) is 0. The number of halogens is 3. The number of benzene rings is 2. The van der Waals surface area contributed by atoms with Crippen LogP contribution in [0.25, 0.3) is 11.1 Å². The smallest absolute Gasteiger partial charge is 0.206 e. The fourth-order valence-corrected chi connectivity index (χ4v) is 4.67. The molecule has 0 nitrogen and oxygen atoms in total. The van der Waals surface area contributed by atoms with Gasteiger partial charge < -0.3 is 0 Å². The van der Waals surface area contributed by atoms with Gasteiger partial charge in [0.2, 0.25) is 0 Å². The Balaban J connectivity index is 1.69. The second-order valence-corrected chi connectivity index (χ2v) is 8.63. The first-order chi connectivity index (χ1) is 13.9. The van der Waals surface area contributed by atoms with E-state index in [-0.39, 0.29) is 6.42 Å². The molecule has 29 heavy (non-hydrogen) atoms. The normalized spacial score (nSPS) is 20.0. The van der Waals surface area contributed by atoms with E-state index >= 15 is 0 Å². The quantitative estimate of drug-likeness (QED) is 0.414. The van der Waals surface area contributed by atoms with Crippen LogP contribution in [0.15, 0.2) is 42.5 Å². The predicted octanol–water partition coefficient (Wildman–Crippen LogP) is 8.85. The Morgan fingerprint density at radius 1 is 0.862 bits per heavy atom. The van der Waals surface area contributed by atoms with Gasteiger partial charge >= 0.3 is 0 Å². The van der Waals surface area contributed by atoms with E-state index in [1.165, 1.54) is 56.2 Å². The van der Waals surface area contributed by atoms with Gasteiger partial charge in [-0.3, -0.25) is 0 Å². The third-order valence-electron chi connectivity index (χ3n) is 6.47. The van der Waals surface area contributed by atoms with Gasteiger partial charge in [-0.05, 0) is 72.8 Å². The second kappa shape index (κ2) is 9.82. The minimum atomic E-state index is -3.11. The molecule has 2 aromatic rings. The molecule has 1 fully saturated rings. The summed E-state index contributed by atoms with van der Waals surface area (Å²) in [6.45, 7) is 4.11. The van der Waals surface area contributed by atoms with Crippen molar-refractivity contribution >= 4 is 0 Å². The van der Waals surface area contributed by atoms with Crippen molar-refractivity contribution in [2.24, 2.45) is 5.92 Å². The van der Waals surface area contributed by atoms with E-state index < -0.39 is 17.3 Å². The van der Waals surface area contributed by atoms with Crippen molar-refractivity contribution in [2.45, 2.75) is 83.5 Å². The summed E-state index contributed by atoms with van der Waals surface area (Å²) in [5.41, 5.74) is 2.37. The van der Waals surface area contributed by atoms with Crippen LogP contribution in [0.5, 0.6) is 0 Å². The van der Waals surface area contributed by atoms with E-state index in [2.05, 4.69) is 19.1 Å². The van der Waals surface area contributed by atoms with Gasteiger partial charge in [0, 0.05) is 6.42 Å². The lowest BCUT2D eigenvalue weighted by molar-refractivity contribution is -0.0187. The lowest BCUT2D eigenvalue weighted by Gasteiger charge is -2.28. The number of rotatable bonds is 8. The molecule has 3 heteroatoms. The van der Waals surface area contributed by atoms with Crippen molar-refractivity contribution in [3.8, 4) is 11.1 Å². The summed E-state index contributed by atoms with van der Waals surface area (Å²) in [5.74, 6) is -2.44. The van der Waals surface area contributed by atoms with E-state index in [4.69, 9.17) is 0 Å². The summed E-state index contributed by atoms with van der Waals surface area (Å²) >= 11 is 0. The van der Waals surface area contributed by atoms with Crippen LogP contribution in [0.1, 0.15) is 88.7 Å². The summed E-state index contributed by atoms with van der Waals surface area (Å²) in [6.07, 6.45) is 8.43. The van der Waals surface area contributed by atoms with Crippen molar-refractivity contribution in [2.75, 3.05) is 0 Å². The van der Waals surface area contributed by atoms with E-state index in [0.29, 0.717) is 24.3 Å². The van der Waals surface area contributed by atoms with Crippen LogP contribution in [-0.2, 0) is 5.92 Å². The van der Waals surface area contributed by atoms with Crippen molar-refractivity contribution in [1.29, 1.82) is 0 Å². The molecule has 0 saturated heterocycles. The summed E-state index contributed by atoms with van der Waals surface area (Å²) in [5, 5.41) is 0. The molecule has 0 N–H and O–H groups in total. The number of alkyl halides is 2. The zero-order chi connectivity index (χ0) is 20.9. The van der Waals surface area contributed by atoms with Gasteiger partial charge in [-0.25, -0.2) is 13.2 Å². The van der Waals surface area contributed by atoms with Crippen molar-refractivity contribution in [1.82, 2.24) is 0 Å². The van der Waals surface area contributed by atoms with E-state index in [1.54, 1.807) is 6.07 Å². The van der Waals surface area contributed by atoms with Gasteiger partial charge in [-0.2, -0.15) is 0 Å². The third kappa shape index (κ3) is 5.43. The fourth-order valence-electron chi connectivity index (χ4n) is 4.67. The highest BCUT2D eigenvalue weighted by Crippen LogP contribution is 2.39. The standard InChI is InChI=1S/C26H33F3/c1-3-5-17-26(28,29)24-16-15-23(18-25(24)27)22-13-11-21(12-14-22)20-9-7-19(6-4-2)8-10-20/h11-16,18-20H,3-10,17H2,1-2H3/t19-,20-. The maximum absolute atomic E-state index is 14.4. The molecule has 158 valence electrons. The third-order valence-corrected chi connectivity index (χ3v) is 6.47. The highest BCUT2D eigenvalue weighted by Gasteiger charge is 2.33. The Morgan fingerprint density at radius 3 is 2.10 bits per heavy atom. The average Bonchev–Trinajstić information content (AvgIpc) is 2.73. The van der Waals surface area contributed by atoms with Gasteiger partial charge in [0.25, 0.3) is 5.92 Å². The van der Waals surface area contributed by atoms with Crippen LogP contribution >= 0.6 is 0 Å². The minimum Gasteiger partial charge on any atom is -0.206 e. The number of hydrogen-bond acceptors (Lipinski definition) is 0. The Kier molecular flexibility index (Phi) is 7.43.